The summed E-state index contributed by atoms with van der Waals surface area (Å²) >= 11 is 0. The Kier molecular flexibility index (Phi) is 7.00. The molecule has 2 rings (SSSR count). The standard InChI is InChI=1S/C24H30O4/c1-16(2)19-9-7-8-10-21(19)22(14-23(26)28-24(3,4)5)20-12-11-18(27-6)13-17(20)15-25/h7-13,15-16,22H,14H2,1-6H3. The molecule has 0 fully saturated rings. The van der Waals surface area contributed by atoms with Crippen molar-refractivity contribution < 1.29 is 19.1 Å². The van der Waals surface area contributed by atoms with Gasteiger partial charge in [-0.15, -0.1) is 0 Å². The molecular formula is C24H30O4. The number of benzene rings is 2. The summed E-state index contributed by atoms with van der Waals surface area (Å²) in [4.78, 5) is 24.5. The Balaban J connectivity index is 2.58. The molecule has 0 N–H and O–H groups in total. The van der Waals surface area contributed by atoms with Crippen molar-refractivity contribution in [3.05, 3.63) is 64.7 Å². The van der Waals surface area contributed by atoms with Gasteiger partial charge >= 0.3 is 5.97 Å². The van der Waals surface area contributed by atoms with Gasteiger partial charge in [-0.2, -0.15) is 0 Å². The van der Waals surface area contributed by atoms with Gasteiger partial charge in [-0.3, -0.25) is 9.59 Å². The van der Waals surface area contributed by atoms with Gasteiger partial charge in [0.25, 0.3) is 0 Å². The maximum absolute atomic E-state index is 12.7. The molecule has 150 valence electrons. The third-order valence-corrected chi connectivity index (χ3v) is 4.58. The number of carbonyl (C=O) groups is 2. The highest BCUT2D eigenvalue weighted by Gasteiger charge is 2.27. The van der Waals surface area contributed by atoms with E-state index in [2.05, 4.69) is 19.9 Å². The Morgan fingerprint density at radius 3 is 2.21 bits per heavy atom. The molecule has 2 aromatic carbocycles. The van der Waals surface area contributed by atoms with E-state index in [1.54, 1.807) is 13.2 Å². The predicted octanol–water partition coefficient (Wildman–Crippen LogP) is 5.49. The van der Waals surface area contributed by atoms with Crippen LogP contribution in [0, 0.1) is 0 Å². The molecule has 4 heteroatoms. The van der Waals surface area contributed by atoms with Crippen molar-refractivity contribution in [2.24, 2.45) is 0 Å². The minimum atomic E-state index is -0.563. The van der Waals surface area contributed by atoms with Crippen LogP contribution in [-0.4, -0.2) is 25.0 Å². The van der Waals surface area contributed by atoms with Crippen molar-refractivity contribution in [3.63, 3.8) is 0 Å². The maximum Gasteiger partial charge on any atom is 0.307 e. The molecule has 0 aliphatic heterocycles. The summed E-state index contributed by atoms with van der Waals surface area (Å²) in [6.45, 7) is 9.81. The number of hydrogen-bond acceptors (Lipinski definition) is 4. The first-order valence-corrected chi connectivity index (χ1v) is 9.60. The van der Waals surface area contributed by atoms with Crippen LogP contribution in [0.1, 0.15) is 79.9 Å². The molecule has 0 saturated heterocycles. The first-order valence-electron chi connectivity index (χ1n) is 9.60. The highest BCUT2D eigenvalue weighted by Crippen LogP contribution is 2.36. The molecule has 0 heterocycles. The van der Waals surface area contributed by atoms with E-state index >= 15 is 0 Å². The van der Waals surface area contributed by atoms with Crippen LogP contribution in [0.25, 0.3) is 0 Å². The van der Waals surface area contributed by atoms with Crippen LogP contribution in [0.3, 0.4) is 0 Å². The monoisotopic (exact) mass is 382 g/mol. The molecule has 1 atom stereocenters. The lowest BCUT2D eigenvalue weighted by Gasteiger charge is -2.26. The summed E-state index contributed by atoms with van der Waals surface area (Å²) in [5, 5.41) is 0. The Morgan fingerprint density at radius 1 is 1.04 bits per heavy atom. The summed E-state index contributed by atoms with van der Waals surface area (Å²) in [6.07, 6.45) is 0.978. The minimum absolute atomic E-state index is 0.161. The second kappa shape index (κ2) is 9.05. The van der Waals surface area contributed by atoms with Crippen LogP contribution in [0.5, 0.6) is 5.75 Å². The lowest BCUT2D eigenvalue weighted by atomic mass is 9.81. The summed E-state index contributed by atoms with van der Waals surface area (Å²) in [5.74, 6) is 0.331. The third-order valence-electron chi connectivity index (χ3n) is 4.58. The number of hydrogen-bond donors (Lipinski definition) is 0. The van der Waals surface area contributed by atoms with E-state index in [0.717, 1.165) is 23.0 Å². The van der Waals surface area contributed by atoms with Crippen molar-refractivity contribution >= 4 is 12.3 Å². The van der Waals surface area contributed by atoms with Crippen LogP contribution >= 0.6 is 0 Å². The molecule has 0 amide bonds. The van der Waals surface area contributed by atoms with E-state index in [0.29, 0.717) is 11.3 Å². The number of esters is 1. The quantitative estimate of drug-likeness (QED) is 0.469. The zero-order chi connectivity index (χ0) is 20.9. The molecule has 4 nitrogen and oxygen atoms in total. The summed E-state index contributed by atoms with van der Waals surface area (Å²) in [7, 11) is 1.57. The molecule has 0 saturated carbocycles. The van der Waals surface area contributed by atoms with Gasteiger partial charge in [0, 0.05) is 11.5 Å². The molecule has 1 unspecified atom stereocenters. The summed E-state index contributed by atoms with van der Waals surface area (Å²) in [6, 6.07) is 13.5. The molecule has 0 radical (unpaired) electrons. The average Bonchev–Trinajstić information content (AvgIpc) is 2.64. The van der Waals surface area contributed by atoms with Crippen LogP contribution < -0.4 is 4.74 Å². The number of aldehydes is 1. The largest absolute Gasteiger partial charge is 0.497 e. The van der Waals surface area contributed by atoms with E-state index in [1.807, 2.05) is 51.1 Å². The lowest BCUT2D eigenvalue weighted by molar-refractivity contribution is -0.155. The van der Waals surface area contributed by atoms with Gasteiger partial charge in [0.05, 0.1) is 13.5 Å². The predicted molar refractivity (Wildman–Crippen MR) is 111 cm³/mol. The van der Waals surface area contributed by atoms with E-state index in [9.17, 15) is 9.59 Å². The number of rotatable bonds is 7. The van der Waals surface area contributed by atoms with Crippen LogP contribution in [0.2, 0.25) is 0 Å². The zero-order valence-electron chi connectivity index (χ0n) is 17.6. The minimum Gasteiger partial charge on any atom is -0.497 e. The summed E-state index contributed by atoms with van der Waals surface area (Å²) in [5.41, 5.74) is 2.95. The second-order valence-corrected chi connectivity index (χ2v) is 8.24. The lowest BCUT2D eigenvalue weighted by Crippen LogP contribution is -2.25. The Labute approximate surface area is 167 Å². The van der Waals surface area contributed by atoms with Crippen molar-refractivity contribution in [1.29, 1.82) is 0 Å². The topological polar surface area (TPSA) is 52.6 Å². The number of ether oxygens (including phenoxy) is 2. The first-order chi connectivity index (χ1) is 13.2. The third kappa shape index (κ3) is 5.44. The molecular weight excluding hydrogens is 352 g/mol. The Bertz CT molecular complexity index is 831. The molecule has 0 aromatic heterocycles. The zero-order valence-corrected chi connectivity index (χ0v) is 17.6. The van der Waals surface area contributed by atoms with E-state index in [-0.39, 0.29) is 24.2 Å². The molecule has 0 spiro atoms. The van der Waals surface area contributed by atoms with Crippen molar-refractivity contribution in [3.8, 4) is 5.75 Å². The smallest absolute Gasteiger partial charge is 0.307 e. The van der Waals surface area contributed by atoms with Gasteiger partial charge in [0.15, 0.2) is 0 Å². The Morgan fingerprint density at radius 2 is 1.68 bits per heavy atom. The van der Waals surface area contributed by atoms with Crippen molar-refractivity contribution in [2.75, 3.05) is 7.11 Å². The van der Waals surface area contributed by atoms with Crippen LogP contribution in [0.4, 0.5) is 0 Å². The van der Waals surface area contributed by atoms with E-state index in [1.165, 1.54) is 0 Å². The van der Waals surface area contributed by atoms with Crippen molar-refractivity contribution in [1.82, 2.24) is 0 Å². The van der Waals surface area contributed by atoms with Gasteiger partial charge in [-0.05, 0) is 55.5 Å². The highest BCUT2D eigenvalue weighted by atomic mass is 16.6. The van der Waals surface area contributed by atoms with Gasteiger partial charge in [-0.25, -0.2) is 0 Å². The number of methoxy groups -OCH3 is 1. The highest BCUT2D eigenvalue weighted by molar-refractivity contribution is 5.80. The van der Waals surface area contributed by atoms with Gasteiger partial charge in [0.1, 0.15) is 17.6 Å². The Hall–Kier alpha value is -2.62. The normalized spacial score (nSPS) is 12.5. The van der Waals surface area contributed by atoms with E-state index < -0.39 is 5.60 Å². The van der Waals surface area contributed by atoms with Crippen LogP contribution in [-0.2, 0) is 9.53 Å². The molecule has 28 heavy (non-hydrogen) atoms. The molecule has 0 aliphatic rings. The molecule has 2 aromatic rings. The fraction of sp³-hybridized carbons (Fsp3) is 0.417. The molecule has 0 aliphatic carbocycles. The fourth-order valence-electron chi connectivity index (χ4n) is 3.39. The second-order valence-electron chi connectivity index (χ2n) is 8.24. The van der Waals surface area contributed by atoms with Gasteiger partial charge < -0.3 is 9.47 Å². The maximum atomic E-state index is 12.7. The first kappa shape index (κ1) is 21.7. The van der Waals surface area contributed by atoms with Crippen molar-refractivity contribution in [2.45, 2.75) is 58.5 Å². The number of carbonyl (C=O) groups excluding carboxylic acids is 2. The fourth-order valence-corrected chi connectivity index (χ4v) is 3.39. The SMILES string of the molecule is COc1ccc(C(CC(=O)OC(C)(C)C)c2ccccc2C(C)C)c(C=O)c1. The van der Waals surface area contributed by atoms with Crippen LogP contribution in [0.15, 0.2) is 42.5 Å². The van der Waals surface area contributed by atoms with Gasteiger partial charge in [-0.1, -0.05) is 44.2 Å². The molecule has 0 bridgehead atoms. The van der Waals surface area contributed by atoms with Gasteiger partial charge in [0.2, 0.25) is 0 Å². The average molecular weight is 383 g/mol. The van der Waals surface area contributed by atoms with E-state index in [4.69, 9.17) is 9.47 Å². The summed E-state index contributed by atoms with van der Waals surface area (Å²) < 4.78 is 10.8.